The molecule has 1 fully saturated rings. The zero-order valence-electron chi connectivity index (χ0n) is 10.8. The fraction of sp³-hybridized carbons (Fsp3) is 0.357. The topological polar surface area (TPSA) is 59.5 Å². The maximum absolute atomic E-state index is 12.3. The number of hydrogen-bond acceptors (Lipinski definition) is 3. The molecule has 0 bridgehead atoms. The molecule has 1 aliphatic heterocycles. The van der Waals surface area contributed by atoms with E-state index in [9.17, 15) is 4.79 Å². The highest BCUT2D eigenvalue weighted by molar-refractivity contribution is 9.10. The lowest BCUT2D eigenvalue weighted by atomic mass is 10.1. The maximum atomic E-state index is 12.3. The van der Waals surface area contributed by atoms with Crippen LogP contribution in [0.25, 0.3) is 11.0 Å². The highest BCUT2D eigenvalue weighted by Gasteiger charge is 2.27. The van der Waals surface area contributed by atoms with Crippen molar-refractivity contribution in [2.75, 3.05) is 19.6 Å². The zero-order valence-corrected chi connectivity index (χ0v) is 13.2. The number of nitrogens with two attached hydrogens (primary N) is 1. The second-order valence-electron chi connectivity index (χ2n) is 4.93. The summed E-state index contributed by atoms with van der Waals surface area (Å²) in [4.78, 5) is 14.2. The molecule has 1 atom stereocenters. The molecule has 3 rings (SSSR count). The molecule has 1 amide bonds. The molecule has 1 aromatic heterocycles. The van der Waals surface area contributed by atoms with Gasteiger partial charge in [0.2, 0.25) is 0 Å². The van der Waals surface area contributed by atoms with E-state index in [1.54, 1.807) is 6.07 Å². The molecule has 1 saturated heterocycles. The number of halogens is 2. The Balaban J connectivity index is 0.00000147. The van der Waals surface area contributed by atoms with Crippen LogP contribution in [0.4, 0.5) is 0 Å². The fourth-order valence-corrected chi connectivity index (χ4v) is 2.86. The van der Waals surface area contributed by atoms with Crippen molar-refractivity contribution >= 4 is 45.2 Å². The normalized spacial score (nSPS) is 18.3. The van der Waals surface area contributed by atoms with Crippen molar-refractivity contribution in [1.29, 1.82) is 0 Å². The van der Waals surface area contributed by atoms with E-state index < -0.39 is 0 Å². The predicted molar refractivity (Wildman–Crippen MR) is 84.2 cm³/mol. The number of hydrogen-bond donors (Lipinski definition) is 1. The number of benzene rings is 1. The third-order valence-corrected chi connectivity index (χ3v) is 4.09. The van der Waals surface area contributed by atoms with Crippen molar-refractivity contribution < 1.29 is 9.21 Å². The minimum absolute atomic E-state index is 0. The van der Waals surface area contributed by atoms with Gasteiger partial charge in [0.1, 0.15) is 5.58 Å². The Morgan fingerprint density at radius 3 is 2.95 bits per heavy atom. The Bertz CT molecular complexity index is 629. The smallest absolute Gasteiger partial charge is 0.289 e. The molecule has 4 nitrogen and oxygen atoms in total. The van der Waals surface area contributed by atoms with Gasteiger partial charge in [-0.1, -0.05) is 15.9 Å². The summed E-state index contributed by atoms with van der Waals surface area (Å²) in [5.41, 5.74) is 6.38. The Morgan fingerprint density at radius 1 is 1.45 bits per heavy atom. The van der Waals surface area contributed by atoms with Gasteiger partial charge in [0, 0.05) is 22.9 Å². The van der Waals surface area contributed by atoms with Crippen LogP contribution in [0.5, 0.6) is 0 Å². The van der Waals surface area contributed by atoms with Crippen LogP contribution in [0.3, 0.4) is 0 Å². The highest BCUT2D eigenvalue weighted by Crippen LogP contribution is 2.25. The van der Waals surface area contributed by atoms with Gasteiger partial charge >= 0.3 is 0 Å². The van der Waals surface area contributed by atoms with Gasteiger partial charge in [-0.2, -0.15) is 0 Å². The van der Waals surface area contributed by atoms with E-state index in [2.05, 4.69) is 15.9 Å². The molecule has 0 radical (unpaired) electrons. The predicted octanol–water partition coefficient (Wildman–Crippen LogP) is 3.04. The van der Waals surface area contributed by atoms with Crippen molar-refractivity contribution in [2.24, 2.45) is 11.7 Å². The van der Waals surface area contributed by atoms with Gasteiger partial charge in [0.05, 0.1) is 0 Å². The molecule has 1 aromatic carbocycles. The highest BCUT2D eigenvalue weighted by atomic mass is 79.9. The number of furan rings is 1. The van der Waals surface area contributed by atoms with Crippen LogP contribution < -0.4 is 5.73 Å². The number of amides is 1. The summed E-state index contributed by atoms with van der Waals surface area (Å²) < 4.78 is 6.60. The third kappa shape index (κ3) is 2.85. The Kier molecular flexibility index (Phi) is 4.73. The standard InChI is InChI=1S/C14H15BrN2O2.ClH/c15-11-1-2-12-10(5-11)6-13(19-12)14(18)17-4-3-9(7-16)8-17;/h1-2,5-6,9H,3-4,7-8,16H2;1H. The molecule has 2 N–H and O–H groups in total. The van der Waals surface area contributed by atoms with Gasteiger partial charge in [0.15, 0.2) is 5.76 Å². The summed E-state index contributed by atoms with van der Waals surface area (Å²) in [7, 11) is 0. The van der Waals surface area contributed by atoms with Crippen LogP contribution in [-0.2, 0) is 0 Å². The molecule has 1 aliphatic rings. The number of likely N-dealkylation sites (tertiary alicyclic amines) is 1. The summed E-state index contributed by atoms with van der Waals surface area (Å²) in [6, 6.07) is 7.52. The van der Waals surface area contributed by atoms with Gasteiger partial charge in [-0.25, -0.2) is 0 Å². The summed E-state index contributed by atoms with van der Waals surface area (Å²) in [6.07, 6.45) is 0.980. The van der Waals surface area contributed by atoms with Gasteiger partial charge in [0.25, 0.3) is 5.91 Å². The zero-order chi connectivity index (χ0) is 13.4. The lowest BCUT2D eigenvalue weighted by Crippen LogP contribution is -2.29. The first-order chi connectivity index (χ1) is 9.17. The van der Waals surface area contributed by atoms with Crippen LogP contribution in [-0.4, -0.2) is 30.4 Å². The van der Waals surface area contributed by atoms with Crippen molar-refractivity contribution in [3.63, 3.8) is 0 Å². The number of carbonyl (C=O) groups excluding carboxylic acids is 1. The summed E-state index contributed by atoms with van der Waals surface area (Å²) in [6.45, 7) is 2.13. The van der Waals surface area contributed by atoms with Crippen LogP contribution in [0, 0.1) is 5.92 Å². The van der Waals surface area contributed by atoms with E-state index in [1.807, 2.05) is 23.1 Å². The third-order valence-electron chi connectivity index (χ3n) is 3.60. The van der Waals surface area contributed by atoms with E-state index in [0.29, 0.717) is 18.2 Å². The summed E-state index contributed by atoms with van der Waals surface area (Å²) in [5, 5.41) is 0.937. The Labute approximate surface area is 131 Å². The van der Waals surface area contributed by atoms with Crippen molar-refractivity contribution in [3.05, 3.63) is 34.5 Å². The minimum Gasteiger partial charge on any atom is -0.451 e. The Morgan fingerprint density at radius 2 is 2.25 bits per heavy atom. The fourth-order valence-electron chi connectivity index (χ4n) is 2.48. The number of rotatable bonds is 2. The molecule has 2 heterocycles. The van der Waals surface area contributed by atoms with Crippen LogP contribution >= 0.6 is 28.3 Å². The minimum atomic E-state index is -0.0386. The lowest BCUT2D eigenvalue weighted by molar-refractivity contribution is 0.0758. The maximum Gasteiger partial charge on any atom is 0.289 e. The molecule has 0 saturated carbocycles. The largest absolute Gasteiger partial charge is 0.451 e. The van der Waals surface area contributed by atoms with E-state index in [0.717, 1.165) is 35.0 Å². The van der Waals surface area contributed by atoms with Crippen molar-refractivity contribution in [2.45, 2.75) is 6.42 Å². The monoisotopic (exact) mass is 358 g/mol. The number of fused-ring (bicyclic) bond motifs is 1. The molecule has 20 heavy (non-hydrogen) atoms. The average Bonchev–Trinajstić information content (AvgIpc) is 3.03. The first-order valence-corrected chi connectivity index (χ1v) is 7.15. The molecule has 2 aromatic rings. The van der Waals surface area contributed by atoms with E-state index in [-0.39, 0.29) is 18.3 Å². The molecular formula is C14H16BrClN2O2. The number of carbonyl (C=O) groups is 1. The van der Waals surface area contributed by atoms with E-state index in [1.165, 1.54) is 0 Å². The molecule has 6 heteroatoms. The second-order valence-corrected chi connectivity index (χ2v) is 5.85. The molecule has 1 unspecified atom stereocenters. The van der Waals surface area contributed by atoms with Gasteiger partial charge in [-0.05, 0) is 43.1 Å². The quantitative estimate of drug-likeness (QED) is 0.896. The van der Waals surface area contributed by atoms with Gasteiger partial charge in [-0.15, -0.1) is 12.4 Å². The molecule has 0 spiro atoms. The second kappa shape index (κ2) is 6.16. The van der Waals surface area contributed by atoms with Crippen LogP contribution in [0.2, 0.25) is 0 Å². The summed E-state index contributed by atoms with van der Waals surface area (Å²) in [5.74, 6) is 0.788. The molecule has 0 aliphatic carbocycles. The van der Waals surface area contributed by atoms with Crippen LogP contribution in [0.15, 0.2) is 33.2 Å². The van der Waals surface area contributed by atoms with Crippen molar-refractivity contribution in [1.82, 2.24) is 4.90 Å². The summed E-state index contributed by atoms with van der Waals surface area (Å²) >= 11 is 3.41. The van der Waals surface area contributed by atoms with Crippen molar-refractivity contribution in [3.8, 4) is 0 Å². The number of nitrogens with zero attached hydrogens (tertiary/aromatic N) is 1. The van der Waals surface area contributed by atoms with Crippen LogP contribution in [0.1, 0.15) is 17.0 Å². The molecule has 108 valence electrons. The van der Waals surface area contributed by atoms with Gasteiger partial charge < -0.3 is 15.1 Å². The van der Waals surface area contributed by atoms with E-state index >= 15 is 0 Å². The van der Waals surface area contributed by atoms with Gasteiger partial charge in [-0.3, -0.25) is 4.79 Å². The first kappa shape index (κ1) is 15.4. The molecular weight excluding hydrogens is 344 g/mol. The average molecular weight is 360 g/mol. The Hall–Kier alpha value is -1.04. The lowest BCUT2D eigenvalue weighted by Gasteiger charge is -2.14. The van der Waals surface area contributed by atoms with E-state index in [4.69, 9.17) is 10.2 Å². The first-order valence-electron chi connectivity index (χ1n) is 6.36. The SMILES string of the molecule is Cl.NCC1CCN(C(=O)c2cc3cc(Br)ccc3o2)C1.